The first-order chi connectivity index (χ1) is 10.9. The van der Waals surface area contributed by atoms with Gasteiger partial charge in [-0.2, -0.15) is 0 Å². The highest BCUT2D eigenvalue weighted by Crippen LogP contribution is 2.19. The van der Waals surface area contributed by atoms with Crippen LogP contribution in [-0.2, 0) is 4.79 Å². The summed E-state index contributed by atoms with van der Waals surface area (Å²) in [6, 6.07) is 1.57. The molecule has 0 aliphatic heterocycles. The number of nitrogens with one attached hydrogen (secondary N) is 1. The standard InChI is InChI=1S/C14H11F3N4O2/c1-21(14(23)10-6-18-4-5-19-10)7-11(22)20-9-3-2-8(15)12(16)13(9)17/h2-6H,7H2,1H3,(H,20,22). The maximum Gasteiger partial charge on any atom is 0.274 e. The number of anilines is 1. The molecule has 1 N–H and O–H groups in total. The van der Waals surface area contributed by atoms with E-state index in [0.29, 0.717) is 6.07 Å². The van der Waals surface area contributed by atoms with E-state index >= 15 is 0 Å². The van der Waals surface area contributed by atoms with Crippen LogP contribution in [0.25, 0.3) is 0 Å². The lowest BCUT2D eigenvalue weighted by atomic mass is 10.2. The van der Waals surface area contributed by atoms with E-state index in [2.05, 4.69) is 15.3 Å². The van der Waals surface area contributed by atoms with Gasteiger partial charge in [0.15, 0.2) is 17.5 Å². The molecule has 2 rings (SSSR count). The molecule has 0 radical (unpaired) electrons. The quantitative estimate of drug-likeness (QED) is 0.867. The highest BCUT2D eigenvalue weighted by Gasteiger charge is 2.19. The molecule has 0 spiro atoms. The molecule has 0 bridgehead atoms. The van der Waals surface area contributed by atoms with E-state index in [4.69, 9.17) is 0 Å². The molecule has 6 nitrogen and oxygen atoms in total. The molecule has 2 amide bonds. The van der Waals surface area contributed by atoms with Crippen molar-refractivity contribution >= 4 is 17.5 Å². The fourth-order valence-corrected chi connectivity index (χ4v) is 1.70. The highest BCUT2D eigenvalue weighted by molar-refractivity contribution is 5.98. The van der Waals surface area contributed by atoms with E-state index in [1.165, 1.54) is 25.6 Å². The van der Waals surface area contributed by atoms with Crippen molar-refractivity contribution in [2.75, 3.05) is 18.9 Å². The second kappa shape index (κ2) is 6.86. The lowest BCUT2D eigenvalue weighted by Gasteiger charge is -2.16. The van der Waals surface area contributed by atoms with Gasteiger partial charge >= 0.3 is 0 Å². The lowest BCUT2D eigenvalue weighted by molar-refractivity contribution is -0.116. The average Bonchev–Trinajstić information content (AvgIpc) is 2.55. The SMILES string of the molecule is CN(CC(=O)Nc1ccc(F)c(F)c1F)C(=O)c1cnccn1. The fourth-order valence-electron chi connectivity index (χ4n) is 1.70. The first-order valence-electron chi connectivity index (χ1n) is 6.35. The van der Waals surface area contributed by atoms with Crippen molar-refractivity contribution in [3.8, 4) is 0 Å². The molecule has 0 saturated carbocycles. The molecule has 1 aromatic carbocycles. The van der Waals surface area contributed by atoms with Gasteiger partial charge in [0.1, 0.15) is 5.69 Å². The molecule has 0 saturated heterocycles. The molecular weight excluding hydrogens is 313 g/mol. The Morgan fingerprint density at radius 2 is 1.91 bits per heavy atom. The van der Waals surface area contributed by atoms with Crippen molar-refractivity contribution in [3.05, 3.63) is 53.9 Å². The Morgan fingerprint density at radius 3 is 2.57 bits per heavy atom. The van der Waals surface area contributed by atoms with Gasteiger partial charge in [-0.1, -0.05) is 0 Å². The zero-order chi connectivity index (χ0) is 17.0. The van der Waals surface area contributed by atoms with Crippen LogP contribution in [0.15, 0.2) is 30.7 Å². The van der Waals surface area contributed by atoms with Gasteiger partial charge in [-0.25, -0.2) is 18.2 Å². The van der Waals surface area contributed by atoms with E-state index in [1.54, 1.807) is 0 Å². The van der Waals surface area contributed by atoms with Crippen molar-refractivity contribution in [1.29, 1.82) is 0 Å². The van der Waals surface area contributed by atoms with Gasteiger partial charge in [0.2, 0.25) is 5.91 Å². The first-order valence-corrected chi connectivity index (χ1v) is 6.35. The van der Waals surface area contributed by atoms with Crippen molar-refractivity contribution in [2.24, 2.45) is 0 Å². The molecule has 1 heterocycles. The van der Waals surface area contributed by atoms with Crippen LogP contribution in [0.4, 0.5) is 18.9 Å². The van der Waals surface area contributed by atoms with Crippen LogP contribution >= 0.6 is 0 Å². The smallest absolute Gasteiger partial charge is 0.274 e. The minimum Gasteiger partial charge on any atom is -0.331 e. The van der Waals surface area contributed by atoms with Crippen molar-refractivity contribution < 1.29 is 22.8 Å². The summed E-state index contributed by atoms with van der Waals surface area (Å²) in [6.07, 6.45) is 3.93. The van der Waals surface area contributed by atoms with Gasteiger partial charge in [0.25, 0.3) is 5.91 Å². The van der Waals surface area contributed by atoms with Crippen molar-refractivity contribution in [1.82, 2.24) is 14.9 Å². The van der Waals surface area contributed by atoms with Gasteiger partial charge in [-0.3, -0.25) is 14.6 Å². The number of halogens is 3. The Hall–Kier alpha value is -2.97. The second-order valence-electron chi connectivity index (χ2n) is 4.52. The third-order valence-electron chi connectivity index (χ3n) is 2.82. The molecule has 0 unspecified atom stereocenters. The van der Waals surface area contributed by atoms with Crippen LogP contribution in [0.3, 0.4) is 0 Å². The normalized spacial score (nSPS) is 10.3. The Balaban J connectivity index is 2.02. The van der Waals surface area contributed by atoms with Gasteiger partial charge in [-0.05, 0) is 12.1 Å². The molecule has 23 heavy (non-hydrogen) atoms. The molecule has 0 atom stereocenters. The number of carbonyl (C=O) groups is 2. The predicted molar refractivity (Wildman–Crippen MR) is 73.9 cm³/mol. The van der Waals surface area contributed by atoms with Gasteiger partial charge in [-0.15, -0.1) is 0 Å². The molecular formula is C14H11F3N4O2. The highest BCUT2D eigenvalue weighted by atomic mass is 19.2. The number of benzene rings is 1. The average molecular weight is 324 g/mol. The maximum atomic E-state index is 13.5. The third-order valence-corrected chi connectivity index (χ3v) is 2.82. The number of aromatic nitrogens is 2. The Kier molecular flexibility index (Phi) is 4.89. The summed E-state index contributed by atoms with van der Waals surface area (Å²) in [5, 5.41) is 2.06. The number of carbonyl (C=O) groups excluding carboxylic acids is 2. The second-order valence-corrected chi connectivity index (χ2v) is 4.52. The van der Waals surface area contributed by atoms with E-state index in [-0.39, 0.29) is 5.69 Å². The number of hydrogen-bond acceptors (Lipinski definition) is 4. The molecule has 120 valence electrons. The van der Waals surface area contributed by atoms with Crippen molar-refractivity contribution in [2.45, 2.75) is 0 Å². The maximum absolute atomic E-state index is 13.5. The zero-order valence-corrected chi connectivity index (χ0v) is 11.9. The predicted octanol–water partition coefficient (Wildman–Crippen LogP) is 1.60. The van der Waals surface area contributed by atoms with E-state index in [9.17, 15) is 22.8 Å². The van der Waals surface area contributed by atoms with Crippen LogP contribution in [0.5, 0.6) is 0 Å². The first kappa shape index (κ1) is 16.4. The van der Waals surface area contributed by atoms with Gasteiger partial charge < -0.3 is 10.2 Å². The van der Waals surface area contributed by atoms with Crippen LogP contribution in [0, 0.1) is 17.5 Å². The van der Waals surface area contributed by atoms with Crippen LogP contribution in [0.2, 0.25) is 0 Å². The lowest BCUT2D eigenvalue weighted by Crippen LogP contribution is -2.35. The summed E-state index contributed by atoms with van der Waals surface area (Å²) in [4.78, 5) is 32.3. The molecule has 2 aromatic rings. The number of rotatable bonds is 4. The minimum absolute atomic E-state index is 0.0295. The minimum atomic E-state index is -1.69. The number of hydrogen-bond donors (Lipinski definition) is 1. The summed E-state index contributed by atoms with van der Waals surface area (Å²) < 4.78 is 39.3. The Bertz CT molecular complexity index is 740. The fraction of sp³-hybridized carbons (Fsp3) is 0.143. The summed E-state index contributed by atoms with van der Waals surface area (Å²) in [5.74, 6) is -5.92. The molecule has 1 aromatic heterocycles. The zero-order valence-electron chi connectivity index (χ0n) is 11.9. The van der Waals surface area contributed by atoms with Crippen LogP contribution in [-0.4, -0.2) is 40.3 Å². The van der Waals surface area contributed by atoms with Crippen molar-refractivity contribution in [3.63, 3.8) is 0 Å². The number of likely N-dealkylation sites (N-methyl/N-ethyl adjacent to an activating group) is 1. The number of amides is 2. The summed E-state index contributed by atoms with van der Waals surface area (Å²) in [6.45, 7) is -0.437. The molecule has 9 heteroatoms. The van der Waals surface area contributed by atoms with E-state index in [0.717, 1.165) is 11.0 Å². The Labute approximate surface area is 129 Å². The topological polar surface area (TPSA) is 75.2 Å². The largest absolute Gasteiger partial charge is 0.331 e. The summed E-state index contributed by atoms with van der Waals surface area (Å²) in [5.41, 5.74) is -0.490. The van der Waals surface area contributed by atoms with E-state index in [1.807, 2.05) is 0 Å². The molecule has 0 aliphatic rings. The van der Waals surface area contributed by atoms with E-state index < -0.39 is 41.5 Å². The van der Waals surface area contributed by atoms with Gasteiger partial charge in [0, 0.05) is 19.4 Å². The van der Waals surface area contributed by atoms with Crippen LogP contribution < -0.4 is 5.32 Å². The summed E-state index contributed by atoms with van der Waals surface area (Å²) >= 11 is 0. The molecule has 0 fully saturated rings. The molecule has 0 aliphatic carbocycles. The summed E-state index contributed by atoms with van der Waals surface area (Å²) in [7, 11) is 1.33. The third kappa shape index (κ3) is 3.82. The van der Waals surface area contributed by atoms with Crippen LogP contribution in [0.1, 0.15) is 10.5 Å². The van der Waals surface area contributed by atoms with Gasteiger partial charge in [0.05, 0.1) is 18.4 Å². The number of nitrogens with zero attached hydrogens (tertiary/aromatic N) is 3. The monoisotopic (exact) mass is 324 g/mol. The Morgan fingerprint density at radius 1 is 1.17 bits per heavy atom.